The van der Waals surface area contributed by atoms with Crippen molar-refractivity contribution in [3.05, 3.63) is 86.8 Å². The van der Waals surface area contributed by atoms with Gasteiger partial charge in [-0.2, -0.15) is 13.2 Å². The molecule has 5 nitrogen and oxygen atoms in total. The van der Waals surface area contributed by atoms with E-state index in [4.69, 9.17) is 0 Å². The highest BCUT2D eigenvalue weighted by Gasteiger charge is 2.37. The maximum absolute atomic E-state index is 14.3. The fourth-order valence-corrected chi connectivity index (χ4v) is 3.71. The summed E-state index contributed by atoms with van der Waals surface area (Å²) in [4.78, 5) is 29.9. The van der Waals surface area contributed by atoms with Crippen LogP contribution in [0, 0.1) is 25.5 Å². The summed E-state index contributed by atoms with van der Waals surface area (Å²) in [5, 5.41) is 0. The zero-order chi connectivity index (χ0) is 23.4. The van der Waals surface area contributed by atoms with E-state index >= 15 is 0 Å². The number of hydrogen-bond acceptors (Lipinski definition) is 3. The molecule has 1 aliphatic rings. The van der Waals surface area contributed by atoms with Gasteiger partial charge >= 0.3 is 6.18 Å². The number of anilines is 3. The Balaban J connectivity index is 1.96. The van der Waals surface area contributed by atoms with Gasteiger partial charge in [-0.05, 0) is 44.2 Å². The molecule has 0 radical (unpaired) electrons. The lowest BCUT2D eigenvalue weighted by Gasteiger charge is -2.39. The largest absolute Gasteiger partial charge is 0.416 e. The van der Waals surface area contributed by atoms with Crippen molar-refractivity contribution in [1.82, 2.24) is 4.98 Å². The molecule has 0 spiro atoms. The number of H-pyrrole nitrogens is 1. The van der Waals surface area contributed by atoms with E-state index in [-0.39, 0.29) is 34.9 Å². The van der Waals surface area contributed by atoms with Crippen molar-refractivity contribution in [1.29, 1.82) is 0 Å². The number of aryl methyl sites for hydroxylation is 1. The van der Waals surface area contributed by atoms with E-state index in [1.54, 1.807) is 0 Å². The number of aromatic nitrogens is 1. The molecule has 4 rings (SSSR count). The third-order valence-corrected chi connectivity index (χ3v) is 5.32. The van der Waals surface area contributed by atoms with Gasteiger partial charge in [0.1, 0.15) is 18.3 Å². The minimum Gasteiger partial charge on any atom is -0.324 e. The van der Waals surface area contributed by atoms with Crippen LogP contribution >= 0.6 is 0 Å². The molecule has 3 aromatic rings. The number of nitrogens with zero attached hydrogens (tertiary/aromatic N) is 2. The molecule has 0 bridgehead atoms. The van der Waals surface area contributed by atoms with Crippen LogP contribution < -0.4 is 15.4 Å². The SMILES string of the molecule is Cc1[nH]c(=O)ccc1N1CN(c2cc(F)cc(F)c2C)c2ccc(C(F)(F)F)cc2C1=O. The van der Waals surface area contributed by atoms with Crippen molar-refractivity contribution in [2.24, 2.45) is 0 Å². The minimum atomic E-state index is -4.70. The van der Waals surface area contributed by atoms with Crippen LogP contribution in [0.3, 0.4) is 0 Å². The highest BCUT2D eigenvalue weighted by molar-refractivity contribution is 6.13. The van der Waals surface area contributed by atoms with Crippen LogP contribution in [0.1, 0.15) is 27.2 Å². The van der Waals surface area contributed by atoms with Crippen molar-refractivity contribution in [2.45, 2.75) is 20.0 Å². The predicted octanol–water partition coefficient (Wildman–Crippen LogP) is 5.04. The number of amides is 1. The van der Waals surface area contributed by atoms with Crippen LogP contribution in [0.15, 0.2) is 47.3 Å². The summed E-state index contributed by atoms with van der Waals surface area (Å²) in [6.07, 6.45) is -4.70. The van der Waals surface area contributed by atoms with Crippen LogP contribution in [0.25, 0.3) is 0 Å². The molecule has 0 unspecified atom stereocenters. The lowest BCUT2D eigenvalue weighted by molar-refractivity contribution is -0.137. The second-order valence-corrected chi connectivity index (χ2v) is 7.40. The molecular formula is C22H16F5N3O2. The highest BCUT2D eigenvalue weighted by Crippen LogP contribution is 2.41. The number of pyridine rings is 1. The molecule has 0 atom stereocenters. The Morgan fingerprint density at radius 3 is 2.22 bits per heavy atom. The number of alkyl halides is 3. The number of hydrogen-bond donors (Lipinski definition) is 1. The van der Waals surface area contributed by atoms with Crippen LogP contribution in [-0.4, -0.2) is 17.6 Å². The Kier molecular flexibility index (Phi) is 5.03. The average Bonchev–Trinajstić information content (AvgIpc) is 2.71. The number of nitrogens with one attached hydrogen (secondary N) is 1. The Morgan fingerprint density at radius 2 is 1.56 bits per heavy atom. The van der Waals surface area contributed by atoms with E-state index < -0.39 is 34.8 Å². The summed E-state index contributed by atoms with van der Waals surface area (Å²) in [5.74, 6) is -2.45. The van der Waals surface area contributed by atoms with Crippen LogP contribution in [0.5, 0.6) is 0 Å². The van der Waals surface area contributed by atoms with Gasteiger partial charge in [-0.3, -0.25) is 14.5 Å². The van der Waals surface area contributed by atoms with Crippen molar-refractivity contribution < 1.29 is 26.7 Å². The standard InChI is InChI=1S/C22H16F5N3O2/c1-11-16(24)8-14(23)9-19(11)29-10-30(17-5-6-20(31)28-12(17)2)21(32)15-7-13(22(25,26)27)3-4-18(15)29/h3-9H,10H2,1-2H3,(H,28,31). The van der Waals surface area contributed by atoms with E-state index in [9.17, 15) is 31.5 Å². The second-order valence-electron chi connectivity index (χ2n) is 7.40. The monoisotopic (exact) mass is 449 g/mol. The fraction of sp³-hybridized carbons (Fsp3) is 0.182. The number of carbonyl (C=O) groups excluding carboxylic acids is 1. The number of fused-ring (bicyclic) bond motifs is 1. The first-order valence-electron chi connectivity index (χ1n) is 9.43. The van der Waals surface area contributed by atoms with Crippen LogP contribution in [-0.2, 0) is 6.18 Å². The summed E-state index contributed by atoms with van der Waals surface area (Å²) in [7, 11) is 0. The normalized spacial score (nSPS) is 14.0. The zero-order valence-electron chi connectivity index (χ0n) is 16.8. The molecule has 1 aromatic heterocycles. The summed E-state index contributed by atoms with van der Waals surface area (Å²) >= 11 is 0. The second kappa shape index (κ2) is 7.47. The third-order valence-electron chi connectivity index (χ3n) is 5.32. The first-order chi connectivity index (χ1) is 15.0. The fourth-order valence-electron chi connectivity index (χ4n) is 3.71. The maximum atomic E-state index is 14.3. The molecule has 32 heavy (non-hydrogen) atoms. The molecule has 1 N–H and O–H groups in total. The molecular weight excluding hydrogens is 433 g/mol. The predicted molar refractivity (Wildman–Crippen MR) is 108 cm³/mol. The molecule has 2 heterocycles. The Morgan fingerprint density at radius 1 is 0.875 bits per heavy atom. The maximum Gasteiger partial charge on any atom is 0.416 e. The molecule has 2 aromatic carbocycles. The molecule has 10 heteroatoms. The average molecular weight is 449 g/mol. The lowest BCUT2D eigenvalue weighted by Crippen LogP contribution is -2.46. The van der Waals surface area contributed by atoms with Crippen LogP contribution in [0.2, 0.25) is 0 Å². The summed E-state index contributed by atoms with van der Waals surface area (Å²) in [6, 6.07) is 6.92. The Hall–Kier alpha value is -3.69. The van der Waals surface area contributed by atoms with Crippen molar-refractivity contribution in [3.8, 4) is 0 Å². The molecule has 0 aliphatic carbocycles. The van der Waals surface area contributed by atoms with E-state index in [0.717, 1.165) is 23.1 Å². The number of benzene rings is 2. The number of rotatable bonds is 2. The number of carbonyl (C=O) groups is 1. The van der Waals surface area contributed by atoms with Gasteiger partial charge in [-0.1, -0.05) is 0 Å². The molecule has 0 saturated carbocycles. The third kappa shape index (κ3) is 3.61. The quantitative estimate of drug-likeness (QED) is 0.558. The lowest BCUT2D eigenvalue weighted by atomic mass is 10.0. The zero-order valence-corrected chi connectivity index (χ0v) is 16.8. The van der Waals surface area contributed by atoms with Gasteiger partial charge in [0.05, 0.1) is 28.2 Å². The first kappa shape index (κ1) is 21.5. The summed E-state index contributed by atoms with van der Waals surface area (Å²) in [5.41, 5.74) is -0.995. The molecule has 166 valence electrons. The van der Waals surface area contributed by atoms with Gasteiger partial charge in [0.15, 0.2) is 0 Å². The summed E-state index contributed by atoms with van der Waals surface area (Å²) in [6.45, 7) is 2.69. The molecule has 1 aliphatic heterocycles. The van der Waals surface area contributed by atoms with E-state index in [1.165, 1.54) is 30.9 Å². The Labute approximate surface area is 178 Å². The molecule has 0 saturated heterocycles. The van der Waals surface area contributed by atoms with Crippen LogP contribution in [0.4, 0.5) is 39.0 Å². The van der Waals surface area contributed by atoms with Crippen molar-refractivity contribution in [2.75, 3.05) is 16.5 Å². The first-order valence-corrected chi connectivity index (χ1v) is 9.43. The van der Waals surface area contributed by atoms with Gasteiger partial charge in [0.25, 0.3) is 5.91 Å². The van der Waals surface area contributed by atoms with E-state index in [1.807, 2.05) is 0 Å². The number of halogens is 5. The molecule has 1 amide bonds. The minimum absolute atomic E-state index is 0.0584. The smallest absolute Gasteiger partial charge is 0.324 e. The van der Waals surface area contributed by atoms with Gasteiger partial charge in [-0.25, -0.2) is 8.78 Å². The van der Waals surface area contributed by atoms with Gasteiger partial charge in [0.2, 0.25) is 5.56 Å². The van der Waals surface area contributed by atoms with Crippen molar-refractivity contribution in [3.63, 3.8) is 0 Å². The highest BCUT2D eigenvalue weighted by atomic mass is 19.4. The summed E-state index contributed by atoms with van der Waals surface area (Å²) < 4.78 is 68.3. The molecule has 0 fully saturated rings. The van der Waals surface area contributed by atoms with E-state index in [0.29, 0.717) is 17.8 Å². The van der Waals surface area contributed by atoms with Gasteiger partial charge in [-0.15, -0.1) is 0 Å². The van der Waals surface area contributed by atoms with Crippen molar-refractivity contribution >= 4 is 23.0 Å². The number of aromatic amines is 1. The van der Waals surface area contributed by atoms with Gasteiger partial charge in [0, 0.05) is 23.4 Å². The van der Waals surface area contributed by atoms with Gasteiger partial charge < -0.3 is 9.88 Å². The topological polar surface area (TPSA) is 56.4 Å². The Bertz CT molecular complexity index is 1300. The van der Waals surface area contributed by atoms with E-state index in [2.05, 4.69) is 4.98 Å².